The minimum absolute atomic E-state index is 0.0947. The molecule has 10 heteroatoms. The van der Waals surface area contributed by atoms with E-state index >= 15 is 0 Å². The first-order valence-corrected chi connectivity index (χ1v) is 10.8. The van der Waals surface area contributed by atoms with Gasteiger partial charge in [0, 0.05) is 61.7 Å². The first kappa shape index (κ1) is 23.1. The van der Waals surface area contributed by atoms with Crippen LogP contribution in [0.4, 0.5) is 17.1 Å². The average Bonchev–Trinajstić information content (AvgIpc) is 2.80. The fourth-order valence-electron chi connectivity index (χ4n) is 3.44. The summed E-state index contributed by atoms with van der Waals surface area (Å²) in [6.07, 6.45) is 1.46. The molecule has 1 heterocycles. The van der Waals surface area contributed by atoms with E-state index in [1.54, 1.807) is 0 Å². The number of hydrogen-bond donors (Lipinski definition) is 2. The number of nitrogens with zero attached hydrogens (tertiary/aromatic N) is 3. The van der Waals surface area contributed by atoms with Gasteiger partial charge >= 0.3 is 0 Å². The van der Waals surface area contributed by atoms with Gasteiger partial charge in [0.2, 0.25) is 5.91 Å². The molecule has 0 spiro atoms. The lowest BCUT2D eigenvalue weighted by Crippen LogP contribution is -2.48. The van der Waals surface area contributed by atoms with E-state index in [4.69, 9.17) is 12.2 Å². The standard InChI is InChI=1S/C22H25N5O4S/c1-2-4-20(28)26-13-11-25(12-14-26)18-9-7-17(8-10-18)23-22(32)24-21(29)16-5-3-6-19(15-16)27(30)31/h3,5-10,15H,2,4,11-14H2,1H3,(H2,23,24,29,32). The molecule has 0 saturated carbocycles. The van der Waals surface area contributed by atoms with E-state index in [1.165, 1.54) is 24.3 Å². The molecule has 2 aromatic carbocycles. The molecule has 2 aromatic rings. The number of nitro groups is 1. The van der Waals surface area contributed by atoms with Crippen LogP contribution in [-0.2, 0) is 4.79 Å². The first-order chi connectivity index (χ1) is 15.4. The topological polar surface area (TPSA) is 108 Å². The minimum Gasteiger partial charge on any atom is -0.368 e. The van der Waals surface area contributed by atoms with Crippen LogP contribution >= 0.6 is 12.2 Å². The summed E-state index contributed by atoms with van der Waals surface area (Å²) in [6.45, 7) is 4.99. The van der Waals surface area contributed by atoms with Gasteiger partial charge in [0.15, 0.2) is 5.11 Å². The van der Waals surface area contributed by atoms with Crippen molar-refractivity contribution in [3.8, 4) is 0 Å². The van der Waals surface area contributed by atoms with Gasteiger partial charge in [-0.1, -0.05) is 13.0 Å². The largest absolute Gasteiger partial charge is 0.368 e. The van der Waals surface area contributed by atoms with Gasteiger partial charge in [-0.15, -0.1) is 0 Å². The predicted molar refractivity (Wildman–Crippen MR) is 127 cm³/mol. The van der Waals surface area contributed by atoms with Crippen molar-refractivity contribution >= 4 is 46.2 Å². The Balaban J connectivity index is 1.52. The van der Waals surface area contributed by atoms with Gasteiger partial charge in [-0.25, -0.2) is 0 Å². The fourth-order valence-corrected chi connectivity index (χ4v) is 3.65. The maximum Gasteiger partial charge on any atom is 0.270 e. The van der Waals surface area contributed by atoms with Crippen LogP contribution in [0.5, 0.6) is 0 Å². The molecule has 2 amide bonds. The van der Waals surface area contributed by atoms with Gasteiger partial charge in [0.05, 0.1) is 4.92 Å². The van der Waals surface area contributed by atoms with Gasteiger partial charge in [0.1, 0.15) is 0 Å². The van der Waals surface area contributed by atoms with Crippen LogP contribution in [0.25, 0.3) is 0 Å². The van der Waals surface area contributed by atoms with E-state index in [2.05, 4.69) is 15.5 Å². The Bertz CT molecular complexity index is 1000. The quantitative estimate of drug-likeness (QED) is 0.391. The molecule has 0 radical (unpaired) electrons. The summed E-state index contributed by atoms with van der Waals surface area (Å²) in [5.74, 6) is -0.314. The smallest absolute Gasteiger partial charge is 0.270 e. The molecule has 1 saturated heterocycles. The Hall–Kier alpha value is -3.53. The van der Waals surface area contributed by atoms with Crippen molar-refractivity contribution in [2.75, 3.05) is 36.4 Å². The lowest BCUT2D eigenvalue weighted by atomic mass is 10.2. The van der Waals surface area contributed by atoms with Crippen LogP contribution < -0.4 is 15.5 Å². The molecule has 1 fully saturated rings. The zero-order valence-electron chi connectivity index (χ0n) is 17.7. The number of thiocarbonyl (C=S) groups is 1. The van der Waals surface area contributed by atoms with Crippen LogP contribution in [0, 0.1) is 10.1 Å². The van der Waals surface area contributed by atoms with Crippen molar-refractivity contribution < 1.29 is 14.5 Å². The summed E-state index contributed by atoms with van der Waals surface area (Å²) in [5, 5.41) is 16.4. The highest BCUT2D eigenvalue weighted by atomic mass is 32.1. The predicted octanol–water partition coefficient (Wildman–Crippen LogP) is 3.17. The van der Waals surface area contributed by atoms with Crippen molar-refractivity contribution in [2.45, 2.75) is 19.8 Å². The van der Waals surface area contributed by atoms with Crippen LogP contribution in [0.15, 0.2) is 48.5 Å². The third-order valence-electron chi connectivity index (χ3n) is 5.13. The SMILES string of the molecule is CCCC(=O)N1CCN(c2ccc(NC(=S)NC(=O)c3cccc([N+](=O)[O-])c3)cc2)CC1. The fraction of sp³-hybridized carbons (Fsp3) is 0.318. The molecular formula is C22H25N5O4S. The second kappa shape index (κ2) is 10.7. The molecule has 0 atom stereocenters. The average molecular weight is 456 g/mol. The molecule has 9 nitrogen and oxygen atoms in total. The molecule has 2 N–H and O–H groups in total. The summed E-state index contributed by atoms with van der Waals surface area (Å²) in [6, 6.07) is 13.1. The summed E-state index contributed by atoms with van der Waals surface area (Å²) in [5.41, 5.74) is 1.73. The lowest BCUT2D eigenvalue weighted by Gasteiger charge is -2.36. The van der Waals surface area contributed by atoms with E-state index in [0.717, 1.165) is 25.2 Å². The Kier molecular flexibility index (Phi) is 7.72. The molecule has 0 aliphatic carbocycles. The van der Waals surface area contributed by atoms with Crippen molar-refractivity contribution in [2.24, 2.45) is 0 Å². The van der Waals surface area contributed by atoms with Crippen LogP contribution in [0.3, 0.4) is 0 Å². The van der Waals surface area contributed by atoms with Crippen LogP contribution in [0.1, 0.15) is 30.1 Å². The molecule has 32 heavy (non-hydrogen) atoms. The van der Waals surface area contributed by atoms with E-state index in [9.17, 15) is 19.7 Å². The van der Waals surface area contributed by atoms with E-state index in [1.807, 2.05) is 36.1 Å². The normalized spacial score (nSPS) is 13.4. The van der Waals surface area contributed by atoms with Crippen LogP contribution in [-0.4, -0.2) is 52.9 Å². The molecule has 1 aliphatic rings. The molecule has 3 rings (SSSR count). The highest BCUT2D eigenvalue weighted by molar-refractivity contribution is 7.80. The summed E-state index contributed by atoms with van der Waals surface area (Å²) >= 11 is 5.19. The van der Waals surface area contributed by atoms with E-state index < -0.39 is 10.8 Å². The van der Waals surface area contributed by atoms with E-state index in [0.29, 0.717) is 25.2 Å². The Morgan fingerprint density at radius 1 is 1.09 bits per heavy atom. The number of hydrogen-bond acceptors (Lipinski definition) is 6. The highest BCUT2D eigenvalue weighted by Crippen LogP contribution is 2.20. The molecule has 1 aliphatic heterocycles. The van der Waals surface area contributed by atoms with E-state index in [-0.39, 0.29) is 22.3 Å². The third-order valence-corrected chi connectivity index (χ3v) is 5.34. The van der Waals surface area contributed by atoms with Crippen molar-refractivity contribution in [1.82, 2.24) is 10.2 Å². The summed E-state index contributed by atoms with van der Waals surface area (Å²) in [7, 11) is 0. The Morgan fingerprint density at radius 2 is 1.78 bits per heavy atom. The maximum absolute atomic E-state index is 12.3. The monoisotopic (exact) mass is 455 g/mol. The number of rotatable bonds is 6. The molecule has 168 valence electrons. The molecule has 0 aromatic heterocycles. The number of benzene rings is 2. The summed E-state index contributed by atoms with van der Waals surface area (Å²) < 4.78 is 0. The Labute approximate surface area is 191 Å². The lowest BCUT2D eigenvalue weighted by molar-refractivity contribution is -0.384. The molecule has 0 unspecified atom stereocenters. The number of carbonyl (C=O) groups excluding carboxylic acids is 2. The summed E-state index contributed by atoms with van der Waals surface area (Å²) in [4.78, 5) is 38.8. The number of amides is 2. The number of anilines is 2. The second-order valence-electron chi connectivity index (χ2n) is 7.38. The van der Waals surface area contributed by atoms with Gasteiger partial charge < -0.3 is 15.1 Å². The molecular weight excluding hydrogens is 430 g/mol. The third kappa shape index (κ3) is 6.01. The first-order valence-electron chi connectivity index (χ1n) is 10.4. The number of carbonyl (C=O) groups is 2. The van der Waals surface area contributed by atoms with Crippen LogP contribution in [0.2, 0.25) is 0 Å². The van der Waals surface area contributed by atoms with Crippen molar-refractivity contribution in [3.05, 3.63) is 64.2 Å². The maximum atomic E-state index is 12.3. The minimum atomic E-state index is -0.558. The Morgan fingerprint density at radius 3 is 2.41 bits per heavy atom. The van der Waals surface area contributed by atoms with Gasteiger partial charge in [0.25, 0.3) is 11.6 Å². The van der Waals surface area contributed by atoms with Gasteiger partial charge in [-0.2, -0.15) is 0 Å². The van der Waals surface area contributed by atoms with Gasteiger partial charge in [-0.3, -0.25) is 25.0 Å². The number of piperazine rings is 1. The zero-order chi connectivity index (χ0) is 23.1. The van der Waals surface area contributed by atoms with Crippen molar-refractivity contribution in [3.63, 3.8) is 0 Å². The number of non-ortho nitro benzene ring substituents is 1. The molecule has 0 bridgehead atoms. The number of nitrogens with one attached hydrogen (secondary N) is 2. The number of nitro benzene ring substituents is 1. The van der Waals surface area contributed by atoms with Gasteiger partial charge in [-0.05, 0) is 49.0 Å². The highest BCUT2D eigenvalue weighted by Gasteiger charge is 2.20. The second-order valence-corrected chi connectivity index (χ2v) is 7.79. The van der Waals surface area contributed by atoms with Crippen molar-refractivity contribution in [1.29, 1.82) is 0 Å². The zero-order valence-corrected chi connectivity index (χ0v) is 18.6.